The van der Waals surface area contributed by atoms with Crippen LogP contribution in [0.15, 0.2) is 24.3 Å². The quantitative estimate of drug-likeness (QED) is 0.857. The van der Waals surface area contributed by atoms with Crippen LogP contribution in [0.4, 0.5) is 18.3 Å². The monoisotopic (exact) mass is 320 g/mol. The second kappa shape index (κ2) is 5.80. The summed E-state index contributed by atoms with van der Waals surface area (Å²) < 4.78 is 37.6. The predicted molar refractivity (Wildman–Crippen MR) is 71.3 cm³/mol. The molecule has 2 rings (SSSR count). The van der Waals surface area contributed by atoms with Gasteiger partial charge in [0.05, 0.1) is 5.56 Å². The van der Waals surface area contributed by atoms with Crippen LogP contribution in [0.1, 0.15) is 20.8 Å². The van der Waals surface area contributed by atoms with Crippen LogP contribution < -0.4 is 5.32 Å². The van der Waals surface area contributed by atoms with Gasteiger partial charge in [-0.05, 0) is 17.7 Å². The lowest BCUT2D eigenvalue weighted by atomic mass is 10.1. The summed E-state index contributed by atoms with van der Waals surface area (Å²) in [5.74, 6) is 0. The van der Waals surface area contributed by atoms with Crippen LogP contribution in [0.3, 0.4) is 0 Å². The highest BCUT2D eigenvalue weighted by Crippen LogP contribution is 2.30. The lowest BCUT2D eigenvalue weighted by molar-refractivity contribution is -0.137. The molecule has 0 amide bonds. The second-order valence-electron chi connectivity index (χ2n) is 3.84. The fourth-order valence-electron chi connectivity index (χ4n) is 1.50. The van der Waals surface area contributed by atoms with Crippen molar-refractivity contribution in [1.82, 2.24) is 4.98 Å². The van der Waals surface area contributed by atoms with Gasteiger partial charge in [0.25, 0.3) is 0 Å². The summed E-state index contributed by atoms with van der Waals surface area (Å²) in [6, 6.07) is 4.97. The number of anilines is 1. The van der Waals surface area contributed by atoms with Crippen molar-refractivity contribution in [2.24, 2.45) is 0 Å². The first-order chi connectivity index (χ1) is 9.40. The standard InChI is InChI=1S/C12H8ClF3N2OS/c13-10-9(6-19)20-11(18-10)17-5-7-2-1-3-8(4-7)12(14,15)16/h1-4,6H,5H2,(H,17,18). The fraction of sp³-hybridized carbons (Fsp3) is 0.167. The van der Waals surface area contributed by atoms with E-state index in [1.165, 1.54) is 6.07 Å². The molecule has 0 bridgehead atoms. The van der Waals surface area contributed by atoms with Gasteiger partial charge in [-0.25, -0.2) is 4.98 Å². The molecule has 0 aliphatic heterocycles. The van der Waals surface area contributed by atoms with Gasteiger partial charge in [-0.1, -0.05) is 35.1 Å². The number of halogens is 4. The van der Waals surface area contributed by atoms with Crippen molar-refractivity contribution >= 4 is 34.4 Å². The van der Waals surface area contributed by atoms with E-state index in [1.807, 2.05) is 0 Å². The summed E-state index contributed by atoms with van der Waals surface area (Å²) in [7, 11) is 0. The Balaban J connectivity index is 2.09. The van der Waals surface area contributed by atoms with Crippen LogP contribution in [0.25, 0.3) is 0 Å². The van der Waals surface area contributed by atoms with E-state index in [9.17, 15) is 18.0 Å². The summed E-state index contributed by atoms with van der Waals surface area (Å²) >= 11 is 6.74. The number of alkyl halides is 3. The normalized spacial score (nSPS) is 11.4. The molecular weight excluding hydrogens is 313 g/mol. The number of carbonyl (C=O) groups is 1. The summed E-state index contributed by atoms with van der Waals surface area (Å²) in [5, 5.41) is 3.30. The maximum atomic E-state index is 12.5. The average molecular weight is 321 g/mol. The molecular formula is C12H8ClF3N2OS. The number of nitrogens with zero attached hydrogens (tertiary/aromatic N) is 1. The van der Waals surface area contributed by atoms with Crippen molar-refractivity contribution in [2.75, 3.05) is 5.32 Å². The minimum Gasteiger partial charge on any atom is -0.357 e. The van der Waals surface area contributed by atoms with Gasteiger partial charge < -0.3 is 5.32 Å². The van der Waals surface area contributed by atoms with E-state index in [2.05, 4.69) is 10.3 Å². The number of thiazole rings is 1. The topological polar surface area (TPSA) is 42.0 Å². The van der Waals surface area contributed by atoms with E-state index in [0.29, 0.717) is 17.0 Å². The van der Waals surface area contributed by atoms with E-state index < -0.39 is 11.7 Å². The van der Waals surface area contributed by atoms with Gasteiger partial charge >= 0.3 is 6.18 Å². The molecule has 1 aromatic carbocycles. The Bertz CT molecular complexity index is 627. The number of aldehydes is 1. The smallest absolute Gasteiger partial charge is 0.357 e. The minimum atomic E-state index is -4.37. The SMILES string of the molecule is O=Cc1sc(NCc2cccc(C(F)(F)F)c2)nc1Cl. The van der Waals surface area contributed by atoms with Crippen molar-refractivity contribution in [3.63, 3.8) is 0 Å². The first kappa shape index (κ1) is 14.8. The van der Waals surface area contributed by atoms with Crippen LogP contribution in [-0.4, -0.2) is 11.3 Å². The summed E-state index contributed by atoms with van der Waals surface area (Å²) in [6.07, 6.45) is -3.79. The van der Waals surface area contributed by atoms with Crippen molar-refractivity contribution in [3.05, 3.63) is 45.4 Å². The van der Waals surface area contributed by atoms with Gasteiger partial charge in [0.2, 0.25) is 0 Å². The Morgan fingerprint density at radius 2 is 2.15 bits per heavy atom. The Hall–Kier alpha value is -1.60. The average Bonchev–Trinajstić information content (AvgIpc) is 2.76. The number of nitrogens with one attached hydrogen (secondary N) is 1. The van der Waals surface area contributed by atoms with Crippen LogP contribution in [0, 0.1) is 0 Å². The van der Waals surface area contributed by atoms with E-state index in [4.69, 9.17) is 11.6 Å². The Morgan fingerprint density at radius 3 is 2.75 bits per heavy atom. The number of carbonyl (C=O) groups excluding carboxylic acids is 1. The maximum absolute atomic E-state index is 12.5. The maximum Gasteiger partial charge on any atom is 0.416 e. The van der Waals surface area contributed by atoms with E-state index in [-0.39, 0.29) is 16.6 Å². The summed E-state index contributed by atoms with van der Waals surface area (Å²) in [4.78, 5) is 14.8. The van der Waals surface area contributed by atoms with Crippen molar-refractivity contribution in [3.8, 4) is 0 Å². The number of aromatic nitrogens is 1. The van der Waals surface area contributed by atoms with Gasteiger partial charge in [0.15, 0.2) is 16.6 Å². The first-order valence-electron chi connectivity index (χ1n) is 5.41. The molecule has 0 fully saturated rings. The van der Waals surface area contributed by atoms with Gasteiger partial charge in [-0.3, -0.25) is 4.79 Å². The predicted octanol–water partition coefficient (Wildman–Crippen LogP) is 4.24. The van der Waals surface area contributed by atoms with Crippen LogP contribution in [-0.2, 0) is 12.7 Å². The fourth-order valence-corrected chi connectivity index (χ4v) is 2.46. The highest BCUT2D eigenvalue weighted by Gasteiger charge is 2.30. The lowest BCUT2D eigenvalue weighted by Gasteiger charge is -2.08. The number of rotatable bonds is 4. The van der Waals surface area contributed by atoms with Gasteiger partial charge in [-0.2, -0.15) is 13.2 Å². The highest BCUT2D eigenvalue weighted by atomic mass is 35.5. The lowest BCUT2D eigenvalue weighted by Crippen LogP contribution is -2.06. The molecule has 0 saturated carbocycles. The number of hydrogen-bond donors (Lipinski definition) is 1. The third-order valence-corrected chi connectivity index (χ3v) is 3.75. The third-order valence-electron chi connectivity index (χ3n) is 2.41. The van der Waals surface area contributed by atoms with Gasteiger partial charge in [0, 0.05) is 6.54 Å². The molecule has 0 atom stereocenters. The highest BCUT2D eigenvalue weighted by molar-refractivity contribution is 7.17. The van der Waals surface area contributed by atoms with Crippen LogP contribution in [0.2, 0.25) is 5.15 Å². The van der Waals surface area contributed by atoms with Crippen molar-refractivity contribution < 1.29 is 18.0 Å². The first-order valence-corrected chi connectivity index (χ1v) is 6.61. The molecule has 8 heteroatoms. The molecule has 0 saturated heterocycles. The van der Waals surface area contributed by atoms with E-state index >= 15 is 0 Å². The summed E-state index contributed by atoms with van der Waals surface area (Å²) in [5.41, 5.74) is -0.249. The molecule has 1 aromatic heterocycles. The number of benzene rings is 1. The van der Waals surface area contributed by atoms with Crippen LogP contribution >= 0.6 is 22.9 Å². The molecule has 0 aliphatic carbocycles. The molecule has 3 nitrogen and oxygen atoms in total. The van der Waals surface area contributed by atoms with E-state index in [0.717, 1.165) is 23.5 Å². The van der Waals surface area contributed by atoms with Gasteiger partial charge in [0.1, 0.15) is 4.88 Å². The zero-order valence-corrected chi connectivity index (χ0v) is 11.4. The minimum absolute atomic E-state index is 0.0801. The molecule has 1 heterocycles. The zero-order valence-electron chi connectivity index (χ0n) is 9.87. The molecule has 20 heavy (non-hydrogen) atoms. The van der Waals surface area contributed by atoms with Crippen molar-refractivity contribution in [2.45, 2.75) is 12.7 Å². The summed E-state index contributed by atoms with van der Waals surface area (Å²) in [6.45, 7) is 0.159. The molecule has 1 N–H and O–H groups in total. The number of hydrogen-bond acceptors (Lipinski definition) is 4. The molecule has 106 valence electrons. The largest absolute Gasteiger partial charge is 0.416 e. The Kier molecular flexibility index (Phi) is 4.29. The van der Waals surface area contributed by atoms with Crippen LogP contribution in [0.5, 0.6) is 0 Å². The Morgan fingerprint density at radius 1 is 1.40 bits per heavy atom. The third kappa shape index (κ3) is 3.49. The van der Waals surface area contributed by atoms with Crippen molar-refractivity contribution in [1.29, 1.82) is 0 Å². The molecule has 2 aromatic rings. The zero-order chi connectivity index (χ0) is 14.8. The molecule has 0 aliphatic rings. The Labute approximate surface area is 121 Å². The van der Waals surface area contributed by atoms with Gasteiger partial charge in [-0.15, -0.1) is 0 Å². The molecule has 0 spiro atoms. The molecule has 0 unspecified atom stereocenters. The second-order valence-corrected chi connectivity index (χ2v) is 5.23. The molecule has 0 radical (unpaired) electrons. The van der Waals surface area contributed by atoms with E-state index in [1.54, 1.807) is 6.07 Å².